The highest BCUT2D eigenvalue weighted by molar-refractivity contribution is 5.85. The molecule has 0 aliphatic rings. The lowest BCUT2D eigenvalue weighted by atomic mass is 10.2. The number of aromatic nitrogens is 4. The molecule has 0 bridgehead atoms. The Morgan fingerprint density at radius 1 is 1.27 bits per heavy atom. The number of hydrogen-bond acceptors (Lipinski definition) is 8. The van der Waals surface area contributed by atoms with E-state index in [4.69, 9.17) is 9.15 Å². The Bertz CT molecular complexity index is 1220. The minimum absolute atomic E-state index is 0.0795. The summed E-state index contributed by atoms with van der Waals surface area (Å²) < 4.78 is 52.5. The topological polar surface area (TPSA) is 116 Å². The smallest absolute Gasteiger partial charge is 0.464 e. The molecule has 0 atom stereocenters. The molecule has 4 rings (SSSR count). The molecule has 1 amide bonds. The fourth-order valence-electron chi connectivity index (χ4n) is 2.61. The predicted molar refractivity (Wildman–Crippen MR) is 95.1 cm³/mol. The van der Waals surface area contributed by atoms with E-state index >= 15 is 0 Å². The first-order valence-corrected chi connectivity index (χ1v) is 8.43. The number of halogens is 3. The molecule has 0 aliphatic heterocycles. The molecule has 0 aromatic carbocycles. The van der Waals surface area contributed by atoms with Crippen molar-refractivity contribution in [1.29, 1.82) is 0 Å². The zero-order chi connectivity index (χ0) is 21.3. The predicted octanol–water partition coefficient (Wildman–Crippen LogP) is 4.35. The molecule has 0 fully saturated rings. The molecule has 0 saturated carbocycles. The number of ether oxygens (including phenoxy) is 1. The molecular weight excluding hydrogens is 407 g/mol. The average Bonchev–Trinajstić information content (AvgIpc) is 3.37. The Hall–Kier alpha value is -3.96. The van der Waals surface area contributed by atoms with Gasteiger partial charge in [-0.3, -0.25) is 10.3 Å². The molecule has 0 saturated heterocycles. The number of rotatable bonds is 4. The fourth-order valence-corrected chi connectivity index (χ4v) is 2.61. The maximum absolute atomic E-state index is 12.6. The maximum atomic E-state index is 12.6. The number of aryl methyl sites for hydroxylation is 1. The molecule has 9 nitrogen and oxygen atoms in total. The summed E-state index contributed by atoms with van der Waals surface area (Å²) in [6.07, 6.45) is 0.346. The zero-order valence-electron chi connectivity index (χ0n) is 15.2. The molecule has 12 heteroatoms. The molecule has 0 spiro atoms. The van der Waals surface area contributed by atoms with Crippen molar-refractivity contribution in [1.82, 2.24) is 20.1 Å². The van der Waals surface area contributed by atoms with Gasteiger partial charge in [0.15, 0.2) is 0 Å². The van der Waals surface area contributed by atoms with Gasteiger partial charge in [-0.25, -0.2) is 9.78 Å². The number of carbonyl (C=O) groups is 1. The number of fused-ring (bicyclic) bond motifs is 1. The first kappa shape index (κ1) is 19.4. The van der Waals surface area contributed by atoms with Crippen LogP contribution in [0.3, 0.4) is 0 Å². The van der Waals surface area contributed by atoms with Crippen molar-refractivity contribution >= 4 is 22.9 Å². The van der Waals surface area contributed by atoms with E-state index in [2.05, 4.69) is 29.9 Å². The molecule has 0 radical (unpaired) electrons. The molecule has 4 heterocycles. The summed E-state index contributed by atoms with van der Waals surface area (Å²) in [5, 5.41) is 6.54. The molecule has 30 heavy (non-hydrogen) atoms. The second kappa shape index (κ2) is 7.46. The Morgan fingerprint density at radius 2 is 2.10 bits per heavy atom. The van der Waals surface area contributed by atoms with Gasteiger partial charge in [-0.05, 0) is 24.6 Å². The SMILES string of the molecule is Cc1cc(-c2noc(C(F)(F)F)n2)cnc1NC(=O)OCc1cncc2ccoc12. The van der Waals surface area contributed by atoms with Crippen LogP contribution in [0.4, 0.5) is 23.8 Å². The van der Waals surface area contributed by atoms with Gasteiger partial charge in [-0.2, -0.15) is 18.2 Å². The third kappa shape index (κ3) is 3.92. The number of alkyl halides is 3. The lowest BCUT2D eigenvalue weighted by molar-refractivity contribution is -0.159. The van der Waals surface area contributed by atoms with E-state index in [1.54, 1.807) is 19.2 Å². The van der Waals surface area contributed by atoms with Crippen molar-refractivity contribution in [3.8, 4) is 11.4 Å². The van der Waals surface area contributed by atoms with Gasteiger partial charge in [-0.1, -0.05) is 5.16 Å². The third-order valence-corrected chi connectivity index (χ3v) is 4.02. The normalized spacial score (nSPS) is 11.6. The van der Waals surface area contributed by atoms with Crippen molar-refractivity contribution < 1.29 is 31.6 Å². The highest BCUT2D eigenvalue weighted by atomic mass is 19.4. The van der Waals surface area contributed by atoms with Crippen LogP contribution < -0.4 is 5.32 Å². The van der Waals surface area contributed by atoms with E-state index in [9.17, 15) is 18.0 Å². The molecule has 0 unspecified atom stereocenters. The monoisotopic (exact) mass is 419 g/mol. The Balaban J connectivity index is 1.43. The fraction of sp³-hybridized carbons (Fsp3) is 0.167. The lowest BCUT2D eigenvalue weighted by Gasteiger charge is -2.09. The number of nitrogens with zero attached hydrogens (tertiary/aromatic N) is 4. The Morgan fingerprint density at radius 3 is 2.83 bits per heavy atom. The molecule has 154 valence electrons. The molecule has 4 aromatic rings. The number of anilines is 1. The highest BCUT2D eigenvalue weighted by Crippen LogP contribution is 2.29. The Labute approximate surface area is 165 Å². The van der Waals surface area contributed by atoms with Gasteiger partial charge < -0.3 is 13.7 Å². The van der Waals surface area contributed by atoms with Crippen LogP contribution in [0.5, 0.6) is 0 Å². The van der Waals surface area contributed by atoms with Crippen LogP contribution in [0.15, 0.2) is 45.9 Å². The minimum atomic E-state index is -4.74. The van der Waals surface area contributed by atoms with Crippen molar-refractivity contribution in [3.05, 3.63) is 54.0 Å². The molecule has 0 aliphatic carbocycles. The molecule has 1 N–H and O–H groups in total. The maximum Gasteiger partial charge on any atom is 0.471 e. The van der Waals surface area contributed by atoms with Crippen molar-refractivity contribution in [2.24, 2.45) is 0 Å². The number of amides is 1. The molecular formula is C18H12F3N5O4. The van der Waals surface area contributed by atoms with Crippen LogP contribution in [-0.4, -0.2) is 26.2 Å². The van der Waals surface area contributed by atoms with Gasteiger partial charge in [0.05, 0.1) is 11.8 Å². The van der Waals surface area contributed by atoms with Crippen LogP contribution >= 0.6 is 0 Å². The van der Waals surface area contributed by atoms with Gasteiger partial charge in [0.2, 0.25) is 5.82 Å². The van der Waals surface area contributed by atoms with Crippen LogP contribution in [0.1, 0.15) is 17.0 Å². The van der Waals surface area contributed by atoms with E-state index in [1.165, 1.54) is 24.7 Å². The number of furan rings is 1. The van der Waals surface area contributed by atoms with Crippen molar-refractivity contribution in [2.45, 2.75) is 19.7 Å². The van der Waals surface area contributed by atoms with E-state index in [0.717, 1.165) is 5.39 Å². The first-order valence-electron chi connectivity index (χ1n) is 8.43. The van der Waals surface area contributed by atoms with E-state index in [-0.39, 0.29) is 23.8 Å². The first-order chi connectivity index (χ1) is 14.3. The van der Waals surface area contributed by atoms with Crippen LogP contribution in [0.2, 0.25) is 0 Å². The van der Waals surface area contributed by atoms with Crippen molar-refractivity contribution in [2.75, 3.05) is 5.32 Å². The van der Waals surface area contributed by atoms with Crippen LogP contribution in [0.25, 0.3) is 22.4 Å². The average molecular weight is 419 g/mol. The number of pyridine rings is 2. The number of hydrogen-bond donors (Lipinski definition) is 1. The summed E-state index contributed by atoms with van der Waals surface area (Å²) in [6, 6.07) is 3.20. The van der Waals surface area contributed by atoms with Crippen LogP contribution in [0, 0.1) is 6.92 Å². The molecule has 4 aromatic heterocycles. The van der Waals surface area contributed by atoms with Gasteiger partial charge >= 0.3 is 18.2 Å². The third-order valence-electron chi connectivity index (χ3n) is 4.02. The number of carbonyl (C=O) groups excluding carboxylic acids is 1. The minimum Gasteiger partial charge on any atom is -0.464 e. The quantitative estimate of drug-likeness (QED) is 0.519. The zero-order valence-corrected chi connectivity index (χ0v) is 15.2. The summed E-state index contributed by atoms with van der Waals surface area (Å²) in [5.74, 6) is -1.56. The van der Waals surface area contributed by atoms with Gasteiger partial charge in [0.25, 0.3) is 0 Å². The van der Waals surface area contributed by atoms with E-state index in [0.29, 0.717) is 16.7 Å². The van der Waals surface area contributed by atoms with Gasteiger partial charge in [0, 0.05) is 29.5 Å². The summed E-state index contributed by atoms with van der Waals surface area (Å²) in [5.41, 5.74) is 1.80. The van der Waals surface area contributed by atoms with Crippen molar-refractivity contribution in [3.63, 3.8) is 0 Å². The largest absolute Gasteiger partial charge is 0.471 e. The second-order valence-corrected chi connectivity index (χ2v) is 6.15. The van der Waals surface area contributed by atoms with E-state index in [1.807, 2.05) is 0 Å². The summed E-state index contributed by atoms with van der Waals surface area (Å²) in [4.78, 5) is 23.4. The Kier molecular flexibility index (Phi) is 4.82. The van der Waals surface area contributed by atoms with Crippen LogP contribution in [-0.2, 0) is 17.5 Å². The summed E-state index contributed by atoms with van der Waals surface area (Å²) in [6.45, 7) is 1.52. The standard InChI is InChI=1S/C18H12F3N5O4/c1-9-4-11(15-24-16(30-26-15)18(19,20)21)7-23-14(9)25-17(27)29-8-12-6-22-5-10-2-3-28-13(10)12/h2-7H,8H2,1H3,(H,23,25,27). The number of nitrogens with one attached hydrogen (secondary N) is 1. The highest BCUT2D eigenvalue weighted by Gasteiger charge is 2.38. The van der Waals surface area contributed by atoms with E-state index < -0.39 is 18.2 Å². The lowest BCUT2D eigenvalue weighted by Crippen LogP contribution is -2.15. The second-order valence-electron chi connectivity index (χ2n) is 6.15. The summed E-state index contributed by atoms with van der Waals surface area (Å²) >= 11 is 0. The van der Waals surface area contributed by atoms with Gasteiger partial charge in [0.1, 0.15) is 18.0 Å². The van der Waals surface area contributed by atoms with Gasteiger partial charge in [-0.15, -0.1) is 0 Å². The summed E-state index contributed by atoms with van der Waals surface area (Å²) in [7, 11) is 0.